The Kier molecular flexibility index (Phi) is 7.27. The molecule has 0 saturated heterocycles. The summed E-state index contributed by atoms with van der Waals surface area (Å²) in [4.78, 5) is 0.216. The third-order valence-corrected chi connectivity index (χ3v) is 5.06. The zero-order valence-corrected chi connectivity index (χ0v) is 13.5. The van der Waals surface area contributed by atoms with Gasteiger partial charge in [0.25, 0.3) is 0 Å². The molecule has 120 valence electrons. The van der Waals surface area contributed by atoms with Crippen LogP contribution in [0.1, 0.15) is 12.0 Å². The fourth-order valence-electron chi connectivity index (χ4n) is 1.90. The highest BCUT2D eigenvalue weighted by Gasteiger charge is 2.24. The summed E-state index contributed by atoms with van der Waals surface area (Å²) < 4.78 is 36.5. The van der Waals surface area contributed by atoms with Crippen molar-refractivity contribution >= 4 is 10.0 Å². The minimum absolute atomic E-state index is 0.0381. The maximum Gasteiger partial charge on any atom is 0.243 e. The Hall–Kier alpha value is -0.990. The van der Waals surface area contributed by atoms with Crippen LogP contribution in [0.15, 0.2) is 29.2 Å². The molecule has 0 amide bonds. The lowest BCUT2D eigenvalue weighted by Gasteiger charge is -2.23. The Balaban J connectivity index is 2.89. The van der Waals surface area contributed by atoms with E-state index >= 15 is 0 Å². The maximum absolute atomic E-state index is 12.6. The van der Waals surface area contributed by atoms with E-state index in [9.17, 15) is 8.42 Å². The second-order valence-electron chi connectivity index (χ2n) is 4.63. The number of hydrogen-bond acceptors (Lipinski definition) is 5. The monoisotopic (exact) mass is 317 g/mol. The molecule has 0 unspecified atom stereocenters. The van der Waals surface area contributed by atoms with Crippen molar-refractivity contribution in [1.29, 1.82) is 0 Å². The third-order valence-electron chi connectivity index (χ3n) is 3.15. The first kappa shape index (κ1) is 18.1. The number of ether oxygens (including phenoxy) is 2. The zero-order chi connectivity index (χ0) is 15.9. The molecule has 0 fully saturated rings. The summed E-state index contributed by atoms with van der Waals surface area (Å²) >= 11 is 0. The summed E-state index contributed by atoms with van der Waals surface area (Å²) in [5.74, 6) is 0. The molecule has 0 heterocycles. The molecule has 0 saturated carbocycles. The van der Waals surface area contributed by atoms with E-state index in [-0.39, 0.29) is 24.6 Å². The van der Waals surface area contributed by atoms with Crippen LogP contribution >= 0.6 is 0 Å². The molecule has 1 N–H and O–H groups in total. The van der Waals surface area contributed by atoms with Crippen LogP contribution in [0.5, 0.6) is 0 Å². The van der Waals surface area contributed by atoms with Crippen LogP contribution in [0.4, 0.5) is 0 Å². The average Bonchev–Trinajstić information content (AvgIpc) is 2.47. The van der Waals surface area contributed by atoms with Gasteiger partial charge >= 0.3 is 0 Å². The molecular formula is C14H23NO5S. The van der Waals surface area contributed by atoms with Crippen LogP contribution in [0, 0.1) is 6.92 Å². The second-order valence-corrected chi connectivity index (χ2v) is 6.57. The number of hydrogen-bond donors (Lipinski definition) is 1. The van der Waals surface area contributed by atoms with Crippen LogP contribution in [-0.4, -0.2) is 58.0 Å². The minimum atomic E-state index is -3.63. The van der Waals surface area contributed by atoms with Gasteiger partial charge in [-0.25, -0.2) is 8.42 Å². The summed E-state index contributed by atoms with van der Waals surface area (Å²) in [6.45, 7) is 1.90. The van der Waals surface area contributed by atoms with Crippen molar-refractivity contribution < 1.29 is 23.0 Å². The molecule has 0 aromatic heterocycles. The molecule has 0 aliphatic rings. The Labute approximate surface area is 126 Å². The van der Waals surface area contributed by atoms with E-state index in [1.54, 1.807) is 24.3 Å². The molecule has 0 spiro atoms. The molecule has 1 aromatic carbocycles. The quantitative estimate of drug-likeness (QED) is 0.687. The first-order valence-corrected chi connectivity index (χ1v) is 8.13. The van der Waals surface area contributed by atoms with Crippen LogP contribution in [0.25, 0.3) is 0 Å². The van der Waals surface area contributed by atoms with Crippen LogP contribution in [-0.2, 0) is 19.5 Å². The third kappa shape index (κ3) is 5.05. The molecule has 0 radical (unpaired) electrons. The number of rotatable bonds is 9. The number of nitrogens with zero attached hydrogens (tertiary/aromatic N) is 1. The maximum atomic E-state index is 12.6. The molecule has 0 atom stereocenters. The standard InChI is InChI=1S/C14H23NO5S/c1-12-4-6-13(7-5-12)21(17,18)15(10-11-16)9-8-14(19-2)20-3/h4-7,14,16H,8-11H2,1-3H3. The van der Waals surface area contributed by atoms with Gasteiger partial charge in [-0.05, 0) is 19.1 Å². The van der Waals surface area contributed by atoms with E-state index in [1.165, 1.54) is 18.5 Å². The highest BCUT2D eigenvalue weighted by Crippen LogP contribution is 2.17. The van der Waals surface area contributed by atoms with Crippen molar-refractivity contribution in [3.05, 3.63) is 29.8 Å². The lowest BCUT2D eigenvalue weighted by Crippen LogP contribution is -2.36. The number of benzene rings is 1. The van der Waals surface area contributed by atoms with E-state index < -0.39 is 16.3 Å². The Bertz CT molecular complexity index is 511. The number of methoxy groups -OCH3 is 2. The lowest BCUT2D eigenvalue weighted by atomic mass is 10.2. The molecule has 0 bridgehead atoms. The van der Waals surface area contributed by atoms with E-state index in [4.69, 9.17) is 14.6 Å². The fourth-order valence-corrected chi connectivity index (χ4v) is 3.35. The van der Waals surface area contributed by atoms with Gasteiger partial charge in [0.2, 0.25) is 10.0 Å². The molecule has 0 aliphatic carbocycles. The second kappa shape index (κ2) is 8.45. The first-order valence-electron chi connectivity index (χ1n) is 6.69. The average molecular weight is 317 g/mol. The number of aliphatic hydroxyl groups is 1. The predicted octanol–water partition coefficient (Wildman–Crippen LogP) is 0.987. The molecule has 0 aliphatic heterocycles. The number of aryl methyl sites for hydroxylation is 1. The summed E-state index contributed by atoms with van der Waals surface area (Å²) in [6, 6.07) is 6.63. The van der Waals surface area contributed by atoms with Gasteiger partial charge in [0.05, 0.1) is 11.5 Å². The summed E-state index contributed by atoms with van der Waals surface area (Å²) in [7, 11) is -0.632. The summed E-state index contributed by atoms with van der Waals surface area (Å²) in [5, 5.41) is 9.10. The van der Waals surface area contributed by atoms with E-state index in [1.807, 2.05) is 6.92 Å². The van der Waals surface area contributed by atoms with Gasteiger partial charge in [-0.1, -0.05) is 17.7 Å². The topological polar surface area (TPSA) is 76.1 Å². The van der Waals surface area contributed by atoms with Gasteiger partial charge in [-0.15, -0.1) is 0 Å². The van der Waals surface area contributed by atoms with E-state index in [2.05, 4.69) is 0 Å². The normalized spacial score (nSPS) is 12.3. The van der Waals surface area contributed by atoms with Crippen LogP contribution in [0.2, 0.25) is 0 Å². The van der Waals surface area contributed by atoms with Crippen LogP contribution < -0.4 is 0 Å². The Morgan fingerprint density at radius 2 is 1.71 bits per heavy atom. The fraction of sp³-hybridized carbons (Fsp3) is 0.571. The minimum Gasteiger partial charge on any atom is -0.395 e. The largest absolute Gasteiger partial charge is 0.395 e. The van der Waals surface area contributed by atoms with Crippen molar-refractivity contribution in [2.45, 2.75) is 24.5 Å². The summed E-state index contributed by atoms with van der Waals surface area (Å²) in [5.41, 5.74) is 0.987. The number of sulfonamides is 1. The Morgan fingerprint density at radius 1 is 1.14 bits per heavy atom. The lowest BCUT2D eigenvalue weighted by molar-refractivity contribution is -0.107. The van der Waals surface area contributed by atoms with E-state index in [0.717, 1.165) is 5.56 Å². The van der Waals surface area contributed by atoms with Gasteiger partial charge in [0.15, 0.2) is 6.29 Å². The predicted molar refractivity (Wildman–Crippen MR) is 79.4 cm³/mol. The summed E-state index contributed by atoms with van der Waals surface area (Å²) in [6.07, 6.45) is -0.0858. The number of aliphatic hydroxyl groups excluding tert-OH is 1. The molecule has 21 heavy (non-hydrogen) atoms. The van der Waals surface area contributed by atoms with Gasteiger partial charge in [-0.3, -0.25) is 0 Å². The molecule has 7 heteroatoms. The smallest absolute Gasteiger partial charge is 0.243 e. The zero-order valence-electron chi connectivity index (χ0n) is 12.7. The van der Waals surface area contributed by atoms with Gasteiger partial charge < -0.3 is 14.6 Å². The molecule has 1 aromatic rings. The van der Waals surface area contributed by atoms with Gasteiger partial charge in [-0.2, -0.15) is 4.31 Å². The van der Waals surface area contributed by atoms with Gasteiger partial charge in [0, 0.05) is 33.7 Å². The highest BCUT2D eigenvalue weighted by molar-refractivity contribution is 7.89. The van der Waals surface area contributed by atoms with Crippen molar-refractivity contribution in [2.75, 3.05) is 33.9 Å². The van der Waals surface area contributed by atoms with Crippen molar-refractivity contribution in [1.82, 2.24) is 4.31 Å². The first-order chi connectivity index (χ1) is 9.95. The van der Waals surface area contributed by atoms with Crippen molar-refractivity contribution in [3.63, 3.8) is 0 Å². The van der Waals surface area contributed by atoms with E-state index in [0.29, 0.717) is 6.42 Å². The Morgan fingerprint density at radius 3 is 2.19 bits per heavy atom. The molecule has 6 nitrogen and oxygen atoms in total. The SMILES string of the molecule is COC(CCN(CCO)S(=O)(=O)c1ccc(C)cc1)OC. The van der Waals surface area contributed by atoms with Crippen LogP contribution in [0.3, 0.4) is 0 Å². The molecule has 1 rings (SSSR count). The highest BCUT2D eigenvalue weighted by atomic mass is 32.2. The molecular weight excluding hydrogens is 294 g/mol. The van der Waals surface area contributed by atoms with Crippen molar-refractivity contribution in [3.8, 4) is 0 Å². The van der Waals surface area contributed by atoms with Gasteiger partial charge in [0.1, 0.15) is 0 Å². The van der Waals surface area contributed by atoms with Crippen molar-refractivity contribution in [2.24, 2.45) is 0 Å².